The highest BCUT2D eigenvalue weighted by Gasteiger charge is 2.63. The van der Waals surface area contributed by atoms with Gasteiger partial charge in [-0.2, -0.15) is 26.3 Å². The second kappa shape index (κ2) is 8.66. The smallest absolute Gasteiger partial charge is 0.374 e. The summed E-state index contributed by atoms with van der Waals surface area (Å²) in [5.74, 6) is -5.01. The fraction of sp³-hybridized carbons (Fsp3) is 0.417. The quantitative estimate of drug-likeness (QED) is 0.434. The van der Waals surface area contributed by atoms with Crippen LogP contribution in [0.4, 0.5) is 39.5 Å². The van der Waals surface area contributed by atoms with Crippen LogP contribution in [-0.4, -0.2) is 35.8 Å². The molecule has 0 radical (unpaired) electrons. The molecule has 1 amide bonds. The van der Waals surface area contributed by atoms with Gasteiger partial charge in [0.1, 0.15) is 0 Å². The summed E-state index contributed by atoms with van der Waals surface area (Å²) >= 11 is 0. The Labute approximate surface area is 204 Å². The highest BCUT2D eigenvalue weighted by atomic mass is 19.4. The summed E-state index contributed by atoms with van der Waals surface area (Å²) < 4.78 is 124. The van der Waals surface area contributed by atoms with Crippen molar-refractivity contribution < 1.29 is 49.1 Å². The van der Waals surface area contributed by atoms with Gasteiger partial charge in [0.15, 0.2) is 17.3 Å². The maximum Gasteiger partial charge on any atom is 0.435 e. The van der Waals surface area contributed by atoms with E-state index in [1.807, 2.05) is 0 Å². The predicted octanol–water partition coefficient (Wildman–Crippen LogP) is 6.23. The van der Waals surface area contributed by atoms with E-state index in [4.69, 9.17) is 0 Å². The van der Waals surface area contributed by atoms with Gasteiger partial charge in [-0.3, -0.25) is 4.79 Å². The fourth-order valence-corrected chi connectivity index (χ4v) is 4.31. The molecule has 1 fully saturated rings. The van der Waals surface area contributed by atoms with Crippen molar-refractivity contribution in [1.29, 1.82) is 0 Å². The van der Waals surface area contributed by atoms with E-state index < -0.39 is 52.8 Å². The van der Waals surface area contributed by atoms with Crippen LogP contribution in [0.2, 0.25) is 0 Å². The zero-order valence-corrected chi connectivity index (χ0v) is 19.3. The number of amides is 1. The minimum atomic E-state index is -5.47. The Morgan fingerprint density at radius 2 is 1.59 bits per heavy atom. The lowest BCUT2D eigenvalue weighted by atomic mass is 9.84. The van der Waals surface area contributed by atoms with Gasteiger partial charge in [0.25, 0.3) is 5.60 Å². The Morgan fingerprint density at radius 1 is 1.00 bits per heavy atom. The van der Waals surface area contributed by atoms with Crippen LogP contribution in [0.15, 0.2) is 41.6 Å². The van der Waals surface area contributed by atoms with Gasteiger partial charge in [0.2, 0.25) is 5.91 Å². The van der Waals surface area contributed by atoms with Crippen molar-refractivity contribution in [2.24, 2.45) is 11.1 Å². The molecule has 2 aromatic rings. The van der Waals surface area contributed by atoms with Gasteiger partial charge in [-0.05, 0) is 23.3 Å². The van der Waals surface area contributed by atoms with Crippen LogP contribution in [0.3, 0.4) is 0 Å². The third kappa shape index (κ3) is 4.52. The summed E-state index contributed by atoms with van der Waals surface area (Å²) in [6.45, 7) is 2.96. The molecule has 4 rings (SSSR count). The lowest BCUT2D eigenvalue weighted by Gasteiger charge is -2.45. The molecule has 1 unspecified atom stereocenters. The molecule has 13 heteroatoms. The molecule has 0 aromatic heterocycles. The maximum atomic E-state index is 15.2. The predicted molar refractivity (Wildman–Crippen MR) is 112 cm³/mol. The first kappa shape index (κ1) is 26.8. The lowest BCUT2D eigenvalue weighted by molar-refractivity contribution is -0.276. The molecule has 200 valence electrons. The zero-order valence-electron chi connectivity index (χ0n) is 19.3. The minimum absolute atomic E-state index is 0.00667. The van der Waals surface area contributed by atoms with E-state index in [-0.39, 0.29) is 53.9 Å². The number of hydrogen-bond donors (Lipinski definition) is 0. The molecule has 0 bridgehead atoms. The van der Waals surface area contributed by atoms with Crippen LogP contribution in [0, 0.1) is 17.6 Å². The molecule has 0 aliphatic carbocycles. The van der Waals surface area contributed by atoms with Crippen LogP contribution in [-0.2, 0) is 27.1 Å². The molecule has 0 N–H and O–H groups in total. The molecule has 4 nitrogen and oxygen atoms in total. The Kier molecular flexibility index (Phi) is 6.27. The van der Waals surface area contributed by atoms with Crippen molar-refractivity contribution in [3.05, 3.63) is 70.3 Å². The highest BCUT2D eigenvalue weighted by Crippen LogP contribution is 2.50. The summed E-state index contributed by atoms with van der Waals surface area (Å²) in [6.07, 6.45) is -12.0. The van der Waals surface area contributed by atoms with Crippen LogP contribution < -0.4 is 0 Å². The van der Waals surface area contributed by atoms with Gasteiger partial charge in [0, 0.05) is 17.9 Å². The summed E-state index contributed by atoms with van der Waals surface area (Å²) in [7, 11) is 0. The minimum Gasteiger partial charge on any atom is -0.374 e. The SMILES string of the molecule is CC(C)C(=O)N1CC(F)(c2ccc(C3=NOC(c4cc(F)c(F)c(C(F)(F)F)c4)(C(F)(F)F)C3)cc2)C1. The standard InChI is InChI=1S/C24H19F9N2O2/c1-12(2)20(36)35-10-21(27,11-35)14-5-3-13(4-6-14)18-9-22(37-34-18,24(31,32)33)15-7-16(23(28,29)30)19(26)17(25)8-15/h3-8,12H,9-11H2,1-2H3. The first-order chi connectivity index (χ1) is 17.0. The van der Waals surface area contributed by atoms with Crippen molar-refractivity contribution >= 4 is 11.6 Å². The van der Waals surface area contributed by atoms with Gasteiger partial charge in [0.05, 0.1) is 24.4 Å². The van der Waals surface area contributed by atoms with E-state index in [1.54, 1.807) is 13.8 Å². The van der Waals surface area contributed by atoms with Crippen LogP contribution in [0.5, 0.6) is 0 Å². The molecular weight excluding hydrogens is 519 g/mol. The topological polar surface area (TPSA) is 41.9 Å². The van der Waals surface area contributed by atoms with Gasteiger partial charge in [-0.15, -0.1) is 0 Å². The number of oxime groups is 1. The van der Waals surface area contributed by atoms with E-state index in [9.17, 15) is 39.9 Å². The number of nitrogens with zero attached hydrogens (tertiary/aromatic N) is 2. The second-order valence-electron chi connectivity index (χ2n) is 9.34. The van der Waals surface area contributed by atoms with E-state index >= 15 is 4.39 Å². The first-order valence-electron chi connectivity index (χ1n) is 11.0. The van der Waals surface area contributed by atoms with Crippen molar-refractivity contribution in [3.8, 4) is 0 Å². The number of carbonyl (C=O) groups excluding carboxylic acids is 1. The normalized spacial score (nSPS) is 21.5. The van der Waals surface area contributed by atoms with Crippen molar-refractivity contribution in [1.82, 2.24) is 4.90 Å². The summed E-state index contributed by atoms with van der Waals surface area (Å²) in [6, 6.07) is 4.94. The van der Waals surface area contributed by atoms with Crippen molar-refractivity contribution in [2.75, 3.05) is 13.1 Å². The number of carbonyl (C=O) groups is 1. The monoisotopic (exact) mass is 538 g/mol. The van der Waals surface area contributed by atoms with E-state index in [0.717, 1.165) is 0 Å². The summed E-state index contributed by atoms with van der Waals surface area (Å²) in [5.41, 5.74) is -9.03. The zero-order chi connectivity index (χ0) is 27.6. The Bertz CT molecular complexity index is 1250. The molecule has 2 heterocycles. The average Bonchev–Trinajstić information content (AvgIpc) is 3.24. The molecule has 0 saturated carbocycles. The molecule has 0 spiro atoms. The summed E-state index contributed by atoms with van der Waals surface area (Å²) in [5, 5.41) is 3.38. The third-order valence-electron chi connectivity index (χ3n) is 6.41. The average molecular weight is 538 g/mol. The van der Waals surface area contributed by atoms with Gasteiger partial charge >= 0.3 is 12.4 Å². The van der Waals surface area contributed by atoms with Crippen molar-refractivity contribution in [3.63, 3.8) is 0 Å². The Balaban J connectivity index is 1.60. The Morgan fingerprint density at radius 3 is 2.11 bits per heavy atom. The molecule has 2 aliphatic rings. The molecule has 2 aliphatic heterocycles. The van der Waals surface area contributed by atoms with Crippen LogP contribution in [0.1, 0.15) is 42.5 Å². The van der Waals surface area contributed by atoms with Gasteiger partial charge in [-0.25, -0.2) is 13.2 Å². The van der Waals surface area contributed by atoms with Crippen molar-refractivity contribution in [2.45, 2.75) is 43.9 Å². The lowest BCUT2D eigenvalue weighted by Crippen LogP contribution is -2.59. The highest BCUT2D eigenvalue weighted by molar-refractivity contribution is 6.02. The maximum absolute atomic E-state index is 15.2. The Hall–Kier alpha value is -3.25. The van der Waals surface area contributed by atoms with Gasteiger partial charge < -0.3 is 9.74 Å². The third-order valence-corrected chi connectivity index (χ3v) is 6.41. The molecular formula is C24H19F9N2O2. The summed E-state index contributed by atoms with van der Waals surface area (Å²) in [4.78, 5) is 17.9. The number of likely N-dealkylation sites (tertiary alicyclic amines) is 1. The number of rotatable bonds is 4. The van der Waals surface area contributed by atoms with E-state index in [2.05, 4.69) is 9.99 Å². The van der Waals surface area contributed by atoms with Crippen LogP contribution in [0.25, 0.3) is 0 Å². The molecule has 1 saturated heterocycles. The van der Waals surface area contributed by atoms with Gasteiger partial charge in [-0.1, -0.05) is 43.3 Å². The second-order valence-corrected chi connectivity index (χ2v) is 9.34. The number of alkyl halides is 7. The molecule has 2 aromatic carbocycles. The van der Waals surface area contributed by atoms with E-state index in [1.165, 1.54) is 29.2 Å². The first-order valence-corrected chi connectivity index (χ1v) is 11.0. The fourth-order valence-electron chi connectivity index (χ4n) is 4.31. The largest absolute Gasteiger partial charge is 0.435 e. The number of halogens is 9. The molecule has 1 atom stereocenters. The number of hydrogen-bond acceptors (Lipinski definition) is 3. The van der Waals surface area contributed by atoms with Crippen LogP contribution >= 0.6 is 0 Å². The number of benzene rings is 2. The molecule has 37 heavy (non-hydrogen) atoms. The van der Waals surface area contributed by atoms with E-state index in [0.29, 0.717) is 0 Å².